The zero-order chi connectivity index (χ0) is 41.2. The Hall–Kier alpha value is -0.960. The average molecular weight is 814 g/mol. The fourth-order valence-electron chi connectivity index (χ4n) is 7.81. The minimum absolute atomic E-state index is 0.293. The molecule has 0 bridgehead atoms. The van der Waals surface area contributed by atoms with Gasteiger partial charge in [0, 0.05) is 0 Å². The topological polar surface area (TPSA) is 124 Å². The summed E-state index contributed by atoms with van der Waals surface area (Å²) in [5, 5.41) is 23.7. The molecule has 0 rings (SSSR count). The van der Waals surface area contributed by atoms with Gasteiger partial charge < -0.3 is 15.5 Å². The lowest BCUT2D eigenvalue weighted by Gasteiger charge is -2.24. The average Bonchev–Trinajstić information content (AvgIpc) is 3.17. The van der Waals surface area contributed by atoms with Crippen molar-refractivity contribution in [2.75, 3.05) is 5.75 Å². The van der Waals surface area contributed by atoms with E-state index in [9.17, 15) is 28.0 Å². The maximum Gasteiger partial charge on any atom is 0.266 e. The van der Waals surface area contributed by atoms with Gasteiger partial charge in [0.1, 0.15) is 6.10 Å². The first-order chi connectivity index (χ1) is 27.2. The zero-order valence-corrected chi connectivity index (χ0v) is 38.0. The quantitative estimate of drug-likeness (QED) is 0.0276. The van der Waals surface area contributed by atoms with E-state index in [-0.39, 0.29) is 0 Å². The first kappa shape index (κ1) is 55.0. The zero-order valence-electron chi connectivity index (χ0n) is 37.1. The van der Waals surface area contributed by atoms with E-state index in [1.54, 1.807) is 0 Å². The van der Waals surface area contributed by atoms with Gasteiger partial charge in [-0.05, 0) is 38.5 Å². The van der Waals surface area contributed by atoms with Gasteiger partial charge in [0.2, 0.25) is 5.91 Å². The highest BCUT2D eigenvalue weighted by molar-refractivity contribution is 7.85. The standard InChI is InChI=1S/C48H95NO6S/c1-3-5-7-9-11-13-15-17-19-21-23-25-27-29-31-33-35-37-39-41-43-47(51)48(52)49-45(44-56(53,54)55)46(50)42-40-38-36-34-32-30-28-26-24-22-20-18-16-14-12-10-8-6-4-2/h25,27,45-47,50-51H,3-24,26,28-44H2,1-2H3,(H,49,52)(H,53,54,55)/b27-25-. The Balaban J connectivity index is 3.87. The second kappa shape index (κ2) is 42.2. The summed E-state index contributed by atoms with van der Waals surface area (Å²) in [7, 11) is -4.41. The van der Waals surface area contributed by atoms with Crippen LogP contribution in [-0.4, -0.2) is 53.1 Å². The van der Waals surface area contributed by atoms with E-state index in [0.29, 0.717) is 19.3 Å². The van der Waals surface area contributed by atoms with Crippen LogP contribution in [0.15, 0.2) is 12.2 Å². The summed E-state index contributed by atoms with van der Waals surface area (Å²) >= 11 is 0. The van der Waals surface area contributed by atoms with Crippen LogP contribution < -0.4 is 5.32 Å². The highest BCUT2D eigenvalue weighted by Gasteiger charge is 2.28. The molecule has 0 aliphatic heterocycles. The number of hydrogen-bond acceptors (Lipinski definition) is 5. The summed E-state index contributed by atoms with van der Waals surface area (Å²) in [6, 6.07) is -1.15. The maximum absolute atomic E-state index is 12.7. The van der Waals surface area contributed by atoms with Crippen LogP contribution >= 0.6 is 0 Å². The Labute approximate surface area is 348 Å². The highest BCUT2D eigenvalue weighted by atomic mass is 32.2. The summed E-state index contributed by atoms with van der Waals surface area (Å²) in [6.07, 6.45) is 49.5. The molecular weight excluding hydrogens is 719 g/mol. The molecule has 8 heteroatoms. The number of hydrogen-bond donors (Lipinski definition) is 4. The summed E-state index contributed by atoms with van der Waals surface area (Å²) < 4.78 is 32.7. The first-order valence-electron chi connectivity index (χ1n) is 24.5. The summed E-state index contributed by atoms with van der Waals surface area (Å²) in [5.41, 5.74) is 0. The third-order valence-electron chi connectivity index (χ3n) is 11.6. The number of carbonyl (C=O) groups is 1. The molecule has 0 radical (unpaired) electrons. The molecule has 7 nitrogen and oxygen atoms in total. The van der Waals surface area contributed by atoms with Gasteiger partial charge in [-0.3, -0.25) is 9.35 Å². The Morgan fingerprint density at radius 3 is 1.07 bits per heavy atom. The van der Waals surface area contributed by atoms with Crippen LogP contribution in [-0.2, 0) is 14.9 Å². The number of amides is 1. The van der Waals surface area contributed by atoms with Gasteiger partial charge in [-0.15, -0.1) is 0 Å². The minimum Gasteiger partial charge on any atom is -0.391 e. The predicted molar refractivity (Wildman–Crippen MR) is 241 cm³/mol. The third-order valence-corrected chi connectivity index (χ3v) is 12.4. The second-order valence-corrected chi connectivity index (χ2v) is 18.7. The van der Waals surface area contributed by atoms with Crippen molar-refractivity contribution in [1.82, 2.24) is 5.32 Å². The first-order valence-corrected chi connectivity index (χ1v) is 26.1. The van der Waals surface area contributed by atoms with Gasteiger partial charge in [0.05, 0.1) is 17.9 Å². The molecule has 0 aromatic rings. The Bertz CT molecular complexity index is 957. The fraction of sp³-hybridized carbons (Fsp3) is 0.938. The van der Waals surface area contributed by atoms with Crippen LogP contribution in [0, 0.1) is 0 Å². The van der Waals surface area contributed by atoms with Crippen molar-refractivity contribution in [1.29, 1.82) is 0 Å². The molecule has 4 N–H and O–H groups in total. The Morgan fingerprint density at radius 1 is 0.464 bits per heavy atom. The highest BCUT2D eigenvalue weighted by Crippen LogP contribution is 2.17. The molecule has 0 saturated heterocycles. The SMILES string of the molecule is CCCCCCCCCCCC/C=C\CCCCCCCCC(O)C(=O)NC(CS(=O)(=O)O)C(O)CCCCCCCCCCCCCCCCCCCCC. The van der Waals surface area contributed by atoms with E-state index < -0.39 is 40.0 Å². The van der Waals surface area contributed by atoms with Crippen molar-refractivity contribution in [3.8, 4) is 0 Å². The summed E-state index contributed by atoms with van der Waals surface area (Å²) in [4.78, 5) is 12.7. The summed E-state index contributed by atoms with van der Waals surface area (Å²) in [5.74, 6) is -1.45. The van der Waals surface area contributed by atoms with Gasteiger partial charge in [-0.25, -0.2) is 0 Å². The van der Waals surface area contributed by atoms with Crippen LogP contribution in [0.4, 0.5) is 0 Å². The van der Waals surface area contributed by atoms with Crippen LogP contribution in [0.3, 0.4) is 0 Å². The number of aliphatic hydroxyl groups is 2. The number of carbonyl (C=O) groups excluding carboxylic acids is 1. The molecule has 0 aromatic carbocycles. The van der Waals surface area contributed by atoms with E-state index in [1.807, 2.05) is 0 Å². The molecule has 56 heavy (non-hydrogen) atoms. The van der Waals surface area contributed by atoms with Gasteiger partial charge >= 0.3 is 0 Å². The lowest BCUT2D eigenvalue weighted by Crippen LogP contribution is -2.50. The lowest BCUT2D eigenvalue weighted by atomic mass is 10.0. The Kier molecular flexibility index (Phi) is 41.5. The molecule has 3 atom stereocenters. The number of aliphatic hydroxyl groups excluding tert-OH is 2. The van der Waals surface area contributed by atoms with Crippen molar-refractivity contribution in [3.05, 3.63) is 12.2 Å². The van der Waals surface area contributed by atoms with Crippen LogP contribution in [0.2, 0.25) is 0 Å². The van der Waals surface area contributed by atoms with E-state index in [0.717, 1.165) is 51.4 Å². The van der Waals surface area contributed by atoms with Gasteiger partial charge in [-0.1, -0.05) is 238 Å². The van der Waals surface area contributed by atoms with E-state index >= 15 is 0 Å². The molecule has 334 valence electrons. The van der Waals surface area contributed by atoms with E-state index in [4.69, 9.17) is 0 Å². The Morgan fingerprint density at radius 2 is 0.750 bits per heavy atom. The van der Waals surface area contributed by atoms with E-state index in [1.165, 1.54) is 180 Å². The van der Waals surface area contributed by atoms with Crippen molar-refractivity contribution in [3.63, 3.8) is 0 Å². The largest absolute Gasteiger partial charge is 0.391 e. The van der Waals surface area contributed by atoms with Gasteiger partial charge in [0.25, 0.3) is 10.1 Å². The van der Waals surface area contributed by atoms with Crippen molar-refractivity contribution >= 4 is 16.0 Å². The monoisotopic (exact) mass is 814 g/mol. The number of rotatable bonds is 45. The second-order valence-electron chi connectivity index (χ2n) is 17.2. The smallest absolute Gasteiger partial charge is 0.266 e. The van der Waals surface area contributed by atoms with Crippen molar-refractivity contribution in [2.24, 2.45) is 0 Å². The maximum atomic E-state index is 12.7. The molecule has 0 aliphatic rings. The molecule has 0 heterocycles. The number of unbranched alkanes of at least 4 members (excludes halogenated alkanes) is 34. The summed E-state index contributed by atoms with van der Waals surface area (Å²) in [6.45, 7) is 4.54. The number of allylic oxidation sites excluding steroid dienone is 2. The predicted octanol–water partition coefficient (Wildman–Crippen LogP) is 13.9. The molecular formula is C48H95NO6S. The van der Waals surface area contributed by atoms with Crippen LogP contribution in [0.1, 0.15) is 264 Å². The number of nitrogens with one attached hydrogen (secondary N) is 1. The van der Waals surface area contributed by atoms with Crippen molar-refractivity contribution in [2.45, 2.75) is 283 Å². The van der Waals surface area contributed by atoms with Crippen molar-refractivity contribution < 1.29 is 28.0 Å². The normalized spacial score (nSPS) is 13.7. The molecule has 0 fully saturated rings. The minimum atomic E-state index is -4.41. The fourth-order valence-corrected chi connectivity index (χ4v) is 8.57. The third kappa shape index (κ3) is 41.2. The van der Waals surface area contributed by atoms with Gasteiger partial charge in [0.15, 0.2) is 0 Å². The molecule has 1 amide bonds. The molecule has 0 spiro atoms. The van der Waals surface area contributed by atoms with Crippen LogP contribution in [0.25, 0.3) is 0 Å². The van der Waals surface area contributed by atoms with E-state index in [2.05, 4.69) is 31.3 Å². The van der Waals surface area contributed by atoms with Crippen LogP contribution in [0.5, 0.6) is 0 Å². The van der Waals surface area contributed by atoms with Gasteiger partial charge in [-0.2, -0.15) is 8.42 Å². The lowest BCUT2D eigenvalue weighted by molar-refractivity contribution is -0.131. The molecule has 3 unspecified atom stereocenters. The molecule has 0 saturated carbocycles. The molecule has 0 aromatic heterocycles. The molecule has 0 aliphatic carbocycles.